The minimum absolute atomic E-state index is 0.137. The van der Waals surface area contributed by atoms with Gasteiger partial charge in [0.2, 0.25) is 0 Å². The van der Waals surface area contributed by atoms with Crippen molar-refractivity contribution in [3.63, 3.8) is 0 Å². The molecule has 0 saturated heterocycles. The minimum Gasteiger partial charge on any atom is -0.393 e. The molecule has 1 aromatic carbocycles. The lowest BCUT2D eigenvalue weighted by Gasteiger charge is -2.18. The average molecular weight is 292 g/mol. The van der Waals surface area contributed by atoms with E-state index in [0.29, 0.717) is 25.4 Å². The van der Waals surface area contributed by atoms with Gasteiger partial charge in [-0.1, -0.05) is 44.2 Å². The first-order valence-electron chi connectivity index (χ1n) is 7.77. The molecule has 1 rings (SSSR count). The lowest BCUT2D eigenvalue weighted by molar-refractivity contribution is 0.163. The Morgan fingerprint density at radius 2 is 1.76 bits per heavy atom. The van der Waals surface area contributed by atoms with Gasteiger partial charge >= 0.3 is 6.03 Å². The second-order valence-corrected chi connectivity index (χ2v) is 5.80. The molecular formula is C17H28N2O2. The van der Waals surface area contributed by atoms with Gasteiger partial charge in [-0.25, -0.2) is 4.79 Å². The molecule has 1 aromatic rings. The lowest BCUT2D eigenvalue weighted by atomic mass is 9.97. The molecule has 4 nitrogen and oxygen atoms in total. The van der Waals surface area contributed by atoms with Crippen molar-refractivity contribution in [2.45, 2.75) is 45.6 Å². The minimum atomic E-state index is -0.326. The molecule has 3 N–H and O–H groups in total. The Morgan fingerprint density at radius 1 is 1.14 bits per heavy atom. The first-order chi connectivity index (χ1) is 10.0. The molecule has 118 valence electrons. The van der Waals surface area contributed by atoms with Crippen molar-refractivity contribution < 1.29 is 9.90 Å². The summed E-state index contributed by atoms with van der Waals surface area (Å²) >= 11 is 0. The standard InChI is InChI=1S/C17H28N2O2/c1-4-15(16-8-6-5-7-9-16)12-19-17(21)18-11-13(2)10-14(3)20/h5-9,13-15,20H,4,10-12H2,1-3H3,(H2,18,19,21). The number of nitrogens with one attached hydrogen (secondary N) is 2. The molecule has 0 saturated carbocycles. The molecule has 0 aliphatic rings. The van der Waals surface area contributed by atoms with E-state index in [1.165, 1.54) is 5.56 Å². The van der Waals surface area contributed by atoms with Crippen molar-refractivity contribution >= 4 is 6.03 Å². The van der Waals surface area contributed by atoms with Gasteiger partial charge < -0.3 is 15.7 Å². The van der Waals surface area contributed by atoms with E-state index in [9.17, 15) is 9.90 Å². The molecule has 0 bridgehead atoms. The number of aliphatic hydroxyl groups excluding tert-OH is 1. The van der Waals surface area contributed by atoms with Gasteiger partial charge in [0.15, 0.2) is 0 Å². The molecule has 3 atom stereocenters. The summed E-state index contributed by atoms with van der Waals surface area (Å²) in [6.45, 7) is 7.13. The summed E-state index contributed by atoms with van der Waals surface area (Å²) in [4.78, 5) is 11.8. The maximum absolute atomic E-state index is 11.8. The third kappa shape index (κ3) is 7.14. The molecule has 0 heterocycles. The summed E-state index contributed by atoms with van der Waals surface area (Å²) < 4.78 is 0. The number of carbonyl (C=O) groups is 1. The van der Waals surface area contributed by atoms with Gasteiger partial charge in [-0.2, -0.15) is 0 Å². The highest BCUT2D eigenvalue weighted by atomic mass is 16.3. The van der Waals surface area contributed by atoms with E-state index in [1.54, 1.807) is 6.92 Å². The number of rotatable bonds is 8. The number of urea groups is 1. The highest BCUT2D eigenvalue weighted by molar-refractivity contribution is 5.73. The van der Waals surface area contributed by atoms with Gasteiger partial charge in [0.25, 0.3) is 0 Å². The van der Waals surface area contributed by atoms with E-state index in [-0.39, 0.29) is 18.1 Å². The normalized spacial score (nSPS) is 15.0. The summed E-state index contributed by atoms with van der Waals surface area (Å²) in [7, 11) is 0. The number of benzene rings is 1. The van der Waals surface area contributed by atoms with Crippen LogP contribution in [0, 0.1) is 5.92 Å². The summed E-state index contributed by atoms with van der Waals surface area (Å²) in [5, 5.41) is 15.1. The molecular weight excluding hydrogens is 264 g/mol. The SMILES string of the molecule is CCC(CNC(=O)NCC(C)CC(C)O)c1ccccc1. The molecule has 0 fully saturated rings. The van der Waals surface area contributed by atoms with E-state index in [4.69, 9.17) is 0 Å². The third-order valence-corrected chi connectivity index (χ3v) is 3.63. The maximum Gasteiger partial charge on any atom is 0.314 e. The molecule has 0 aromatic heterocycles. The van der Waals surface area contributed by atoms with Crippen LogP contribution in [0.15, 0.2) is 30.3 Å². The second-order valence-electron chi connectivity index (χ2n) is 5.80. The van der Waals surface area contributed by atoms with E-state index < -0.39 is 0 Å². The predicted molar refractivity (Wildman–Crippen MR) is 86.3 cm³/mol. The Labute approximate surface area is 128 Å². The Hall–Kier alpha value is -1.55. The summed E-state index contributed by atoms with van der Waals surface area (Å²) in [5.74, 6) is 0.610. The molecule has 0 radical (unpaired) electrons. The van der Waals surface area contributed by atoms with Crippen LogP contribution in [0.1, 0.15) is 45.1 Å². The summed E-state index contributed by atoms with van der Waals surface area (Å²) in [6.07, 6.45) is 1.36. The molecule has 2 amide bonds. The van der Waals surface area contributed by atoms with Crippen molar-refractivity contribution in [3.05, 3.63) is 35.9 Å². The summed E-state index contributed by atoms with van der Waals surface area (Å²) in [5.41, 5.74) is 1.25. The van der Waals surface area contributed by atoms with Crippen LogP contribution in [-0.4, -0.2) is 30.3 Å². The zero-order chi connectivity index (χ0) is 15.7. The van der Waals surface area contributed by atoms with E-state index in [2.05, 4.69) is 29.7 Å². The summed E-state index contributed by atoms with van der Waals surface area (Å²) in [6, 6.07) is 10.1. The van der Waals surface area contributed by atoms with Crippen LogP contribution in [-0.2, 0) is 0 Å². The smallest absolute Gasteiger partial charge is 0.314 e. The topological polar surface area (TPSA) is 61.4 Å². The molecule has 21 heavy (non-hydrogen) atoms. The number of amides is 2. The molecule has 4 heteroatoms. The number of aliphatic hydroxyl groups is 1. The van der Waals surface area contributed by atoms with Gasteiger partial charge in [-0.3, -0.25) is 0 Å². The van der Waals surface area contributed by atoms with Crippen molar-refractivity contribution in [2.24, 2.45) is 5.92 Å². The quantitative estimate of drug-likeness (QED) is 0.690. The van der Waals surface area contributed by atoms with Crippen LogP contribution in [0.4, 0.5) is 4.79 Å². The van der Waals surface area contributed by atoms with Gasteiger partial charge in [0, 0.05) is 19.0 Å². The average Bonchev–Trinajstić information content (AvgIpc) is 2.46. The van der Waals surface area contributed by atoms with Gasteiger partial charge in [0.1, 0.15) is 0 Å². The number of hydrogen-bond donors (Lipinski definition) is 3. The van der Waals surface area contributed by atoms with Crippen LogP contribution in [0.5, 0.6) is 0 Å². The number of carbonyl (C=O) groups excluding carboxylic acids is 1. The first kappa shape index (κ1) is 17.5. The van der Waals surface area contributed by atoms with Crippen molar-refractivity contribution in [1.29, 1.82) is 0 Å². The highest BCUT2D eigenvalue weighted by Crippen LogP contribution is 2.17. The zero-order valence-corrected chi connectivity index (χ0v) is 13.3. The Bertz CT molecular complexity index is 407. The molecule has 0 aliphatic carbocycles. The predicted octanol–water partition coefficient (Wildman–Crippen LogP) is 2.89. The van der Waals surface area contributed by atoms with Crippen molar-refractivity contribution in [2.75, 3.05) is 13.1 Å². The first-order valence-corrected chi connectivity index (χ1v) is 7.77. The van der Waals surface area contributed by atoms with E-state index in [0.717, 1.165) is 6.42 Å². The zero-order valence-electron chi connectivity index (χ0n) is 13.3. The third-order valence-electron chi connectivity index (χ3n) is 3.63. The largest absolute Gasteiger partial charge is 0.393 e. The van der Waals surface area contributed by atoms with Crippen LogP contribution in [0.3, 0.4) is 0 Å². The van der Waals surface area contributed by atoms with Gasteiger partial charge in [-0.05, 0) is 31.2 Å². The lowest BCUT2D eigenvalue weighted by Crippen LogP contribution is -2.40. The molecule has 0 spiro atoms. The van der Waals surface area contributed by atoms with Gasteiger partial charge in [0.05, 0.1) is 6.10 Å². The fraction of sp³-hybridized carbons (Fsp3) is 0.588. The second kappa shape index (κ2) is 9.40. The fourth-order valence-corrected chi connectivity index (χ4v) is 2.43. The Balaban J connectivity index is 2.31. The van der Waals surface area contributed by atoms with Crippen molar-refractivity contribution in [1.82, 2.24) is 10.6 Å². The monoisotopic (exact) mass is 292 g/mol. The highest BCUT2D eigenvalue weighted by Gasteiger charge is 2.11. The maximum atomic E-state index is 11.8. The van der Waals surface area contributed by atoms with Crippen LogP contribution < -0.4 is 10.6 Å². The van der Waals surface area contributed by atoms with E-state index in [1.807, 2.05) is 25.1 Å². The molecule has 0 aliphatic heterocycles. The Morgan fingerprint density at radius 3 is 2.33 bits per heavy atom. The number of hydrogen-bond acceptors (Lipinski definition) is 2. The van der Waals surface area contributed by atoms with Crippen LogP contribution in [0.25, 0.3) is 0 Å². The molecule has 3 unspecified atom stereocenters. The fourth-order valence-electron chi connectivity index (χ4n) is 2.43. The Kier molecular flexibility index (Phi) is 7.83. The van der Waals surface area contributed by atoms with Crippen LogP contribution >= 0.6 is 0 Å². The van der Waals surface area contributed by atoms with Gasteiger partial charge in [-0.15, -0.1) is 0 Å². The van der Waals surface area contributed by atoms with Crippen molar-refractivity contribution in [3.8, 4) is 0 Å². The van der Waals surface area contributed by atoms with E-state index >= 15 is 0 Å². The van der Waals surface area contributed by atoms with Crippen LogP contribution in [0.2, 0.25) is 0 Å².